The van der Waals surface area contributed by atoms with Gasteiger partial charge in [0.05, 0.1) is 0 Å². The van der Waals surface area contributed by atoms with E-state index < -0.39 is 0 Å². The van der Waals surface area contributed by atoms with Gasteiger partial charge in [-0.2, -0.15) is 0 Å². The highest BCUT2D eigenvalue weighted by Gasteiger charge is 2.23. The minimum absolute atomic E-state index is 0.729. The summed E-state index contributed by atoms with van der Waals surface area (Å²) in [6.07, 6.45) is 3.47. The van der Waals surface area contributed by atoms with Crippen LogP contribution in [-0.2, 0) is 6.42 Å². The number of rotatable bonds is 4. The number of aromatic nitrogens is 2. The Labute approximate surface area is 119 Å². The van der Waals surface area contributed by atoms with Crippen LogP contribution in [0.1, 0.15) is 42.5 Å². The molecule has 0 bridgehead atoms. The lowest BCUT2D eigenvalue weighted by Gasteiger charge is -2.12. The molecule has 20 heavy (non-hydrogen) atoms. The molecule has 1 heterocycles. The van der Waals surface area contributed by atoms with Gasteiger partial charge in [0.2, 0.25) is 0 Å². The Bertz CT molecular complexity index is 632. The molecular weight excluding hydrogens is 248 g/mol. The van der Waals surface area contributed by atoms with Gasteiger partial charge >= 0.3 is 0 Å². The number of aryl methyl sites for hydroxylation is 1. The number of nitrogens with one attached hydrogen (secondary N) is 1. The average Bonchev–Trinajstić information content (AvgIpc) is 3.31. The monoisotopic (exact) mass is 268 g/mol. The Morgan fingerprint density at radius 3 is 2.75 bits per heavy atom. The maximum absolute atomic E-state index is 5.59. The van der Waals surface area contributed by atoms with Gasteiger partial charge in [0.25, 0.3) is 0 Å². The SMILES string of the molecule is CCc1c(C)nc(-c2cccc(C3CC3)c2)nc1NN. The van der Waals surface area contributed by atoms with Gasteiger partial charge in [-0.1, -0.05) is 25.1 Å². The van der Waals surface area contributed by atoms with Crippen LogP contribution in [0.2, 0.25) is 0 Å². The second-order valence-electron chi connectivity index (χ2n) is 5.36. The highest BCUT2D eigenvalue weighted by atomic mass is 15.3. The zero-order valence-electron chi connectivity index (χ0n) is 12.0. The van der Waals surface area contributed by atoms with Crippen molar-refractivity contribution >= 4 is 5.82 Å². The van der Waals surface area contributed by atoms with Crippen LogP contribution in [-0.4, -0.2) is 9.97 Å². The van der Waals surface area contributed by atoms with E-state index in [9.17, 15) is 0 Å². The number of nitrogen functional groups attached to an aromatic ring is 1. The first-order chi connectivity index (χ1) is 9.72. The van der Waals surface area contributed by atoms with Crippen molar-refractivity contribution in [1.82, 2.24) is 9.97 Å². The molecule has 104 valence electrons. The number of nitrogens with zero attached hydrogens (tertiary/aromatic N) is 2. The van der Waals surface area contributed by atoms with Crippen LogP contribution in [0.15, 0.2) is 24.3 Å². The van der Waals surface area contributed by atoms with Crippen LogP contribution < -0.4 is 11.3 Å². The molecule has 0 amide bonds. The summed E-state index contributed by atoms with van der Waals surface area (Å²) in [6, 6.07) is 8.55. The van der Waals surface area contributed by atoms with Crippen molar-refractivity contribution in [1.29, 1.82) is 0 Å². The lowest BCUT2D eigenvalue weighted by Crippen LogP contribution is -2.13. The molecule has 0 spiro atoms. The molecular formula is C16H20N4. The third-order valence-corrected chi connectivity index (χ3v) is 3.90. The van der Waals surface area contributed by atoms with Gasteiger partial charge in [0, 0.05) is 16.8 Å². The van der Waals surface area contributed by atoms with Crippen LogP contribution in [0.5, 0.6) is 0 Å². The maximum Gasteiger partial charge on any atom is 0.161 e. The summed E-state index contributed by atoms with van der Waals surface area (Å²) in [5, 5.41) is 0. The Morgan fingerprint density at radius 2 is 2.10 bits per heavy atom. The van der Waals surface area contributed by atoms with Crippen LogP contribution >= 0.6 is 0 Å². The fourth-order valence-electron chi connectivity index (χ4n) is 2.62. The predicted octanol–water partition coefficient (Wildman–Crippen LogP) is 3.18. The summed E-state index contributed by atoms with van der Waals surface area (Å²) < 4.78 is 0. The molecule has 1 aliphatic rings. The molecule has 0 unspecified atom stereocenters. The molecule has 0 aliphatic heterocycles. The van der Waals surface area contributed by atoms with E-state index in [1.54, 1.807) is 0 Å². The van der Waals surface area contributed by atoms with Gasteiger partial charge in [-0.25, -0.2) is 15.8 Å². The summed E-state index contributed by atoms with van der Waals surface area (Å²) in [4.78, 5) is 9.20. The van der Waals surface area contributed by atoms with Crippen LogP contribution in [0.4, 0.5) is 5.82 Å². The molecule has 1 aromatic heterocycles. The maximum atomic E-state index is 5.59. The molecule has 2 aromatic rings. The first kappa shape index (κ1) is 13.1. The molecule has 0 atom stereocenters. The zero-order chi connectivity index (χ0) is 14.1. The molecule has 1 saturated carbocycles. The summed E-state index contributed by atoms with van der Waals surface area (Å²) in [6.45, 7) is 4.09. The first-order valence-electron chi connectivity index (χ1n) is 7.17. The van der Waals surface area contributed by atoms with Gasteiger partial charge in [-0.3, -0.25) is 0 Å². The highest BCUT2D eigenvalue weighted by Crippen LogP contribution is 2.40. The van der Waals surface area contributed by atoms with E-state index in [1.807, 2.05) is 6.92 Å². The summed E-state index contributed by atoms with van der Waals surface area (Å²) in [5.74, 6) is 7.80. The van der Waals surface area contributed by atoms with E-state index in [0.29, 0.717) is 0 Å². The second kappa shape index (κ2) is 5.21. The third-order valence-electron chi connectivity index (χ3n) is 3.90. The van der Waals surface area contributed by atoms with E-state index >= 15 is 0 Å². The minimum Gasteiger partial charge on any atom is -0.308 e. The Hall–Kier alpha value is -1.94. The van der Waals surface area contributed by atoms with E-state index in [1.165, 1.54) is 18.4 Å². The van der Waals surface area contributed by atoms with Crippen molar-refractivity contribution in [2.45, 2.75) is 39.0 Å². The third kappa shape index (κ3) is 2.39. The van der Waals surface area contributed by atoms with Crippen LogP contribution in [0.25, 0.3) is 11.4 Å². The van der Waals surface area contributed by atoms with Gasteiger partial charge in [0.1, 0.15) is 5.82 Å². The number of hydrazine groups is 1. The van der Waals surface area contributed by atoms with Crippen molar-refractivity contribution in [3.8, 4) is 11.4 Å². The van der Waals surface area contributed by atoms with Crippen molar-refractivity contribution in [3.63, 3.8) is 0 Å². The lowest BCUT2D eigenvalue weighted by molar-refractivity contribution is 0.994. The van der Waals surface area contributed by atoms with E-state index in [-0.39, 0.29) is 0 Å². The molecule has 1 aromatic carbocycles. The van der Waals surface area contributed by atoms with E-state index in [0.717, 1.165) is 40.8 Å². The molecule has 4 heteroatoms. The molecule has 3 rings (SSSR count). The summed E-state index contributed by atoms with van der Waals surface area (Å²) in [5.41, 5.74) is 7.22. The zero-order valence-corrected chi connectivity index (χ0v) is 12.0. The topological polar surface area (TPSA) is 63.8 Å². The molecule has 3 N–H and O–H groups in total. The molecule has 1 aliphatic carbocycles. The fourth-order valence-corrected chi connectivity index (χ4v) is 2.62. The molecule has 4 nitrogen and oxygen atoms in total. The quantitative estimate of drug-likeness (QED) is 0.660. The number of benzene rings is 1. The second-order valence-corrected chi connectivity index (χ2v) is 5.36. The number of nitrogens with two attached hydrogens (primary N) is 1. The Kier molecular flexibility index (Phi) is 3.40. The number of hydrogen-bond acceptors (Lipinski definition) is 4. The molecule has 0 radical (unpaired) electrons. The predicted molar refractivity (Wildman–Crippen MR) is 81.4 cm³/mol. The average molecular weight is 268 g/mol. The lowest BCUT2D eigenvalue weighted by atomic mass is 10.1. The van der Waals surface area contributed by atoms with Crippen molar-refractivity contribution in [2.24, 2.45) is 5.84 Å². The summed E-state index contributed by atoms with van der Waals surface area (Å²) in [7, 11) is 0. The largest absolute Gasteiger partial charge is 0.308 e. The normalized spacial score (nSPS) is 14.3. The number of anilines is 1. The van der Waals surface area contributed by atoms with Gasteiger partial charge < -0.3 is 5.43 Å². The van der Waals surface area contributed by atoms with E-state index in [4.69, 9.17) is 5.84 Å². The fraction of sp³-hybridized carbons (Fsp3) is 0.375. The van der Waals surface area contributed by atoms with E-state index in [2.05, 4.69) is 46.6 Å². The standard InChI is InChI=1S/C16H20N4/c1-3-14-10(2)18-15(19-16(14)20-17)13-6-4-5-12(9-13)11-7-8-11/h4-6,9,11H,3,7-8,17H2,1-2H3,(H,18,19,20). The smallest absolute Gasteiger partial charge is 0.161 e. The molecule has 1 fully saturated rings. The Balaban J connectivity index is 2.05. The first-order valence-corrected chi connectivity index (χ1v) is 7.17. The highest BCUT2D eigenvalue weighted by molar-refractivity contribution is 5.61. The van der Waals surface area contributed by atoms with Crippen LogP contribution in [0.3, 0.4) is 0 Å². The van der Waals surface area contributed by atoms with Gasteiger partial charge in [-0.05, 0) is 43.7 Å². The van der Waals surface area contributed by atoms with Crippen molar-refractivity contribution in [2.75, 3.05) is 5.43 Å². The molecule has 0 saturated heterocycles. The van der Waals surface area contributed by atoms with Crippen LogP contribution in [0, 0.1) is 6.92 Å². The van der Waals surface area contributed by atoms with Gasteiger partial charge in [-0.15, -0.1) is 0 Å². The van der Waals surface area contributed by atoms with Crippen molar-refractivity contribution in [3.05, 3.63) is 41.1 Å². The minimum atomic E-state index is 0.729. The van der Waals surface area contributed by atoms with Gasteiger partial charge in [0.15, 0.2) is 5.82 Å². The van der Waals surface area contributed by atoms with Crippen molar-refractivity contribution < 1.29 is 0 Å². The Morgan fingerprint density at radius 1 is 1.30 bits per heavy atom. The number of hydrogen-bond donors (Lipinski definition) is 2. The summed E-state index contributed by atoms with van der Waals surface area (Å²) >= 11 is 0.